The Balaban J connectivity index is 1.88. The minimum absolute atomic E-state index is 0.135. The van der Waals surface area contributed by atoms with E-state index < -0.39 is 0 Å². The molecule has 3 N–H and O–H groups in total. The molecule has 1 aliphatic heterocycles. The van der Waals surface area contributed by atoms with Crippen LogP contribution in [0.4, 0.5) is 4.39 Å². The highest BCUT2D eigenvalue weighted by Gasteiger charge is 2.19. The van der Waals surface area contributed by atoms with Crippen molar-refractivity contribution < 1.29 is 9.18 Å². The molecule has 100 valence electrons. The van der Waals surface area contributed by atoms with Crippen LogP contribution in [0.5, 0.6) is 0 Å². The lowest BCUT2D eigenvalue weighted by molar-refractivity contribution is 0.0936. The molecule has 2 aromatic rings. The van der Waals surface area contributed by atoms with E-state index >= 15 is 0 Å². The number of aromatic nitrogens is 1. The van der Waals surface area contributed by atoms with Crippen molar-refractivity contribution >= 4 is 16.8 Å². The van der Waals surface area contributed by atoms with E-state index in [4.69, 9.17) is 0 Å². The molecule has 1 aromatic carbocycles. The summed E-state index contributed by atoms with van der Waals surface area (Å²) in [6.07, 6.45) is 0.944. The zero-order valence-corrected chi connectivity index (χ0v) is 10.7. The molecule has 1 amide bonds. The smallest absolute Gasteiger partial charge is 0.267 e. The fraction of sp³-hybridized carbons (Fsp3) is 0.357. The van der Waals surface area contributed by atoms with Gasteiger partial charge in [0, 0.05) is 23.5 Å². The number of halogens is 1. The van der Waals surface area contributed by atoms with Crippen LogP contribution in [0.1, 0.15) is 22.5 Å². The van der Waals surface area contributed by atoms with Crippen LogP contribution < -0.4 is 10.6 Å². The molecule has 0 radical (unpaired) electrons. The summed E-state index contributed by atoms with van der Waals surface area (Å²) in [6.45, 7) is 3.44. The Morgan fingerprint density at radius 3 is 3.05 bits per heavy atom. The molecule has 5 heteroatoms. The van der Waals surface area contributed by atoms with Gasteiger partial charge >= 0.3 is 0 Å². The van der Waals surface area contributed by atoms with Crippen LogP contribution in [0, 0.1) is 12.7 Å². The summed E-state index contributed by atoms with van der Waals surface area (Å²) >= 11 is 0. The molecule has 0 spiro atoms. The average molecular weight is 261 g/mol. The number of H-pyrrole nitrogens is 1. The first-order valence-corrected chi connectivity index (χ1v) is 6.44. The molecule has 0 saturated carbocycles. The van der Waals surface area contributed by atoms with Crippen LogP contribution in [-0.4, -0.2) is 30.0 Å². The topological polar surface area (TPSA) is 56.9 Å². The predicted octanol–water partition coefficient (Wildman–Crippen LogP) is 1.71. The van der Waals surface area contributed by atoms with Crippen molar-refractivity contribution in [1.82, 2.24) is 15.6 Å². The summed E-state index contributed by atoms with van der Waals surface area (Å²) in [5.41, 5.74) is 1.71. The van der Waals surface area contributed by atoms with Crippen LogP contribution in [0.25, 0.3) is 10.9 Å². The maximum atomic E-state index is 13.5. The molecule has 2 heterocycles. The normalized spacial score (nSPS) is 18.9. The van der Waals surface area contributed by atoms with E-state index in [1.165, 1.54) is 6.07 Å². The molecular weight excluding hydrogens is 245 g/mol. The van der Waals surface area contributed by atoms with E-state index in [1.54, 1.807) is 19.1 Å². The van der Waals surface area contributed by atoms with Gasteiger partial charge in [0.1, 0.15) is 11.5 Å². The number of amides is 1. The van der Waals surface area contributed by atoms with Crippen LogP contribution in [-0.2, 0) is 0 Å². The van der Waals surface area contributed by atoms with E-state index in [-0.39, 0.29) is 17.8 Å². The lowest BCUT2D eigenvalue weighted by atomic mass is 10.1. The van der Waals surface area contributed by atoms with Crippen molar-refractivity contribution in [2.45, 2.75) is 19.4 Å². The summed E-state index contributed by atoms with van der Waals surface area (Å²) in [5.74, 6) is -0.397. The molecule has 0 bridgehead atoms. The third-order valence-corrected chi connectivity index (χ3v) is 3.63. The number of hydrogen-bond acceptors (Lipinski definition) is 2. The van der Waals surface area contributed by atoms with Gasteiger partial charge in [0.25, 0.3) is 5.91 Å². The summed E-state index contributed by atoms with van der Waals surface area (Å²) < 4.78 is 13.5. The van der Waals surface area contributed by atoms with Gasteiger partial charge < -0.3 is 15.6 Å². The number of benzene rings is 1. The maximum absolute atomic E-state index is 13.5. The average Bonchev–Trinajstić information content (AvgIpc) is 3.02. The zero-order valence-electron chi connectivity index (χ0n) is 10.7. The fourth-order valence-electron chi connectivity index (χ4n) is 2.48. The van der Waals surface area contributed by atoms with Crippen molar-refractivity contribution in [3.63, 3.8) is 0 Å². The number of carbonyl (C=O) groups excluding carboxylic acids is 1. The van der Waals surface area contributed by atoms with Crippen LogP contribution in [0.15, 0.2) is 18.2 Å². The summed E-state index contributed by atoms with van der Waals surface area (Å²) in [6, 6.07) is 5.05. The molecule has 0 aliphatic carbocycles. The largest absolute Gasteiger partial charge is 0.350 e. The third kappa shape index (κ3) is 2.21. The number of nitrogens with one attached hydrogen (secondary N) is 3. The van der Waals surface area contributed by atoms with E-state index in [1.807, 2.05) is 0 Å². The Hall–Kier alpha value is -1.88. The minimum atomic E-state index is -0.263. The second kappa shape index (κ2) is 4.66. The van der Waals surface area contributed by atoms with Gasteiger partial charge in [0.2, 0.25) is 0 Å². The van der Waals surface area contributed by atoms with Gasteiger partial charge in [-0.3, -0.25) is 4.79 Å². The highest BCUT2D eigenvalue weighted by Crippen LogP contribution is 2.21. The van der Waals surface area contributed by atoms with E-state index in [2.05, 4.69) is 15.6 Å². The van der Waals surface area contributed by atoms with Gasteiger partial charge in [0.15, 0.2) is 0 Å². The molecule has 4 nitrogen and oxygen atoms in total. The van der Waals surface area contributed by atoms with E-state index in [0.717, 1.165) is 24.9 Å². The molecule has 19 heavy (non-hydrogen) atoms. The van der Waals surface area contributed by atoms with Gasteiger partial charge in [-0.15, -0.1) is 0 Å². The third-order valence-electron chi connectivity index (χ3n) is 3.63. The van der Waals surface area contributed by atoms with Crippen molar-refractivity contribution in [2.24, 2.45) is 0 Å². The number of fused-ring (bicyclic) bond motifs is 1. The van der Waals surface area contributed by atoms with Gasteiger partial charge in [-0.1, -0.05) is 0 Å². The molecule has 0 unspecified atom stereocenters. The lowest BCUT2D eigenvalue weighted by Gasteiger charge is -2.09. The van der Waals surface area contributed by atoms with Gasteiger partial charge in [-0.25, -0.2) is 4.39 Å². The van der Waals surface area contributed by atoms with Crippen molar-refractivity contribution in [2.75, 3.05) is 13.1 Å². The van der Waals surface area contributed by atoms with Gasteiger partial charge in [0.05, 0.1) is 5.52 Å². The second-order valence-corrected chi connectivity index (χ2v) is 4.98. The van der Waals surface area contributed by atoms with E-state index in [0.29, 0.717) is 16.8 Å². The Morgan fingerprint density at radius 2 is 2.32 bits per heavy atom. The molecule has 1 fully saturated rings. The van der Waals surface area contributed by atoms with Crippen molar-refractivity contribution in [1.29, 1.82) is 0 Å². The molecule has 1 aromatic heterocycles. The number of carbonyl (C=O) groups is 1. The second-order valence-electron chi connectivity index (χ2n) is 4.98. The Kier molecular flexibility index (Phi) is 2.98. The first-order chi connectivity index (χ1) is 9.15. The lowest BCUT2D eigenvalue weighted by Crippen LogP contribution is -2.36. The number of aryl methyl sites for hydroxylation is 1. The number of rotatable bonds is 2. The summed E-state index contributed by atoms with van der Waals surface area (Å²) in [5, 5.41) is 7.02. The molecule has 1 aliphatic rings. The summed E-state index contributed by atoms with van der Waals surface area (Å²) in [4.78, 5) is 15.1. The van der Waals surface area contributed by atoms with Crippen molar-refractivity contribution in [3.8, 4) is 0 Å². The first kappa shape index (κ1) is 12.2. The SMILES string of the molecule is Cc1c(F)ccc2cc(C(=O)N[C@@H]3CCNC3)[nH]c12. The number of hydrogen-bond donors (Lipinski definition) is 3. The minimum Gasteiger partial charge on any atom is -0.350 e. The van der Waals surface area contributed by atoms with Crippen LogP contribution >= 0.6 is 0 Å². The first-order valence-electron chi connectivity index (χ1n) is 6.44. The molecular formula is C14H16FN3O. The van der Waals surface area contributed by atoms with Crippen LogP contribution in [0.3, 0.4) is 0 Å². The van der Waals surface area contributed by atoms with E-state index in [9.17, 15) is 9.18 Å². The van der Waals surface area contributed by atoms with Crippen molar-refractivity contribution in [3.05, 3.63) is 35.3 Å². The monoisotopic (exact) mass is 261 g/mol. The number of aromatic amines is 1. The highest BCUT2D eigenvalue weighted by atomic mass is 19.1. The van der Waals surface area contributed by atoms with Gasteiger partial charge in [-0.05, 0) is 38.1 Å². The molecule has 3 rings (SSSR count). The quantitative estimate of drug-likeness (QED) is 0.770. The maximum Gasteiger partial charge on any atom is 0.267 e. The summed E-state index contributed by atoms with van der Waals surface area (Å²) in [7, 11) is 0. The molecule has 1 atom stereocenters. The Bertz CT molecular complexity index is 629. The Morgan fingerprint density at radius 1 is 1.47 bits per heavy atom. The highest BCUT2D eigenvalue weighted by molar-refractivity contribution is 5.98. The van der Waals surface area contributed by atoms with Crippen LogP contribution in [0.2, 0.25) is 0 Å². The molecule has 1 saturated heterocycles. The predicted molar refractivity (Wildman–Crippen MR) is 71.7 cm³/mol. The fourth-order valence-corrected chi connectivity index (χ4v) is 2.48. The van der Waals surface area contributed by atoms with Gasteiger partial charge in [-0.2, -0.15) is 0 Å². The zero-order chi connectivity index (χ0) is 13.4. The Labute approximate surface area is 110 Å². The standard InChI is InChI=1S/C14H16FN3O/c1-8-11(15)3-2-9-6-12(18-13(8)9)14(19)17-10-4-5-16-7-10/h2-3,6,10,16,18H,4-5,7H2,1H3,(H,17,19)/t10-/m1/s1.